The summed E-state index contributed by atoms with van der Waals surface area (Å²) in [5, 5.41) is 14.7. The van der Waals surface area contributed by atoms with Crippen molar-refractivity contribution in [3.63, 3.8) is 0 Å². The highest BCUT2D eigenvalue weighted by Crippen LogP contribution is 2.50. The fraction of sp³-hybridized carbons (Fsp3) is 0.423. The number of aromatic nitrogens is 1. The third kappa shape index (κ3) is 3.82. The van der Waals surface area contributed by atoms with Gasteiger partial charge in [0.25, 0.3) is 0 Å². The molecule has 0 saturated carbocycles. The van der Waals surface area contributed by atoms with Crippen LogP contribution in [0.2, 0.25) is 0 Å². The third-order valence-corrected chi connectivity index (χ3v) is 7.92. The van der Waals surface area contributed by atoms with Crippen LogP contribution in [0.5, 0.6) is 23.0 Å². The molecular weight excluding hydrogens is 438 g/mol. The summed E-state index contributed by atoms with van der Waals surface area (Å²) in [5.74, 6) is 3.50. The average molecular weight is 468 g/mol. The highest BCUT2D eigenvalue weighted by molar-refractivity contribution is 7.99. The number of phenolic OH excluding ortho intramolecular Hbond substituents is 1. The van der Waals surface area contributed by atoms with Crippen LogP contribution in [-0.4, -0.2) is 21.8 Å². The number of ether oxygens (including phenoxy) is 3. The summed E-state index contributed by atoms with van der Waals surface area (Å²) in [5.41, 5.74) is 4.08. The van der Waals surface area contributed by atoms with Gasteiger partial charge in [-0.2, -0.15) is 0 Å². The van der Waals surface area contributed by atoms with E-state index in [9.17, 15) is 5.11 Å². The predicted octanol–water partition coefficient (Wildman–Crippen LogP) is 6.00. The first-order valence-electron chi connectivity index (χ1n) is 11.2. The summed E-state index contributed by atoms with van der Waals surface area (Å²) in [6.07, 6.45) is 1.56. The first-order chi connectivity index (χ1) is 15.6. The zero-order valence-corrected chi connectivity index (χ0v) is 20.7. The van der Waals surface area contributed by atoms with E-state index in [2.05, 4.69) is 11.2 Å². The molecule has 2 aliphatic heterocycles. The normalized spacial score (nSPS) is 20.4. The van der Waals surface area contributed by atoms with Gasteiger partial charge in [0.05, 0.1) is 10.6 Å². The van der Waals surface area contributed by atoms with Crippen molar-refractivity contribution in [2.75, 3.05) is 5.75 Å². The fourth-order valence-electron chi connectivity index (χ4n) is 4.33. The minimum Gasteiger partial charge on any atom is -0.507 e. The fourth-order valence-corrected chi connectivity index (χ4v) is 5.59. The average Bonchev–Trinajstić information content (AvgIpc) is 3.37. The summed E-state index contributed by atoms with van der Waals surface area (Å²) in [6.45, 7) is 11.7. The zero-order chi connectivity index (χ0) is 23.5. The molecule has 6 nitrogen and oxygen atoms in total. The maximum Gasteiger partial charge on any atom is 0.246 e. The van der Waals surface area contributed by atoms with Crippen LogP contribution in [0.15, 0.2) is 33.7 Å². The van der Waals surface area contributed by atoms with Crippen molar-refractivity contribution < 1.29 is 23.8 Å². The number of aromatic hydroxyl groups is 1. The summed E-state index contributed by atoms with van der Waals surface area (Å²) < 4.78 is 23.9. The molecule has 3 heterocycles. The maximum atomic E-state index is 10.4. The van der Waals surface area contributed by atoms with Gasteiger partial charge in [0.15, 0.2) is 22.9 Å². The Bertz CT molecular complexity index is 1250. The molecule has 33 heavy (non-hydrogen) atoms. The van der Waals surface area contributed by atoms with E-state index in [0.717, 1.165) is 62.9 Å². The SMILES string of the molecule is Cc1c(C)c2c(c(C)c1O)SCC(C)(c1cc(CCc3ccc4c(c3)OC(C)(C)O4)no1)O2. The van der Waals surface area contributed by atoms with E-state index >= 15 is 0 Å². The second-order valence-electron chi connectivity index (χ2n) is 9.57. The van der Waals surface area contributed by atoms with Crippen LogP contribution in [0, 0.1) is 20.8 Å². The Labute approximate surface area is 198 Å². The molecule has 1 unspecified atom stereocenters. The van der Waals surface area contributed by atoms with E-state index in [1.54, 1.807) is 11.8 Å². The van der Waals surface area contributed by atoms with Crippen molar-refractivity contribution in [1.29, 1.82) is 0 Å². The van der Waals surface area contributed by atoms with Gasteiger partial charge in [-0.15, -0.1) is 11.8 Å². The number of nitrogens with zero attached hydrogens (tertiary/aromatic N) is 1. The monoisotopic (exact) mass is 467 g/mol. The molecule has 0 spiro atoms. The molecule has 174 valence electrons. The van der Waals surface area contributed by atoms with Crippen molar-refractivity contribution >= 4 is 11.8 Å². The molecule has 3 aromatic rings. The van der Waals surface area contributed by atoms with Gasteiger partial charge in [-0.25, -0.2) is 0 Å². The first kappa shape index (κ1) is 22.0. The van der Waals surface area contributed by atoms with Gasteiger partial charge < -0.3 is 23.8 Å². The zero-order valence-electron chi connectivity index (χ0n) is 19.9. The molecule has 0 radical (unpaired) electrons. The third-order valence-electron chi connectivity index (χ3n) is 6.45. The molecule has 7 heteroatoms. The summed E-state index contributed by atoms with van der Waals surface area (Å²) >= 11 is 1.69. The molecule has 0 bridgehead atoms. The minimum atomic E-state index is -0.631. The van der Waals surface area contributed by atoms with Crippen molar-refractivity contribution in [3.05, 3.63) is 58.0 Å². The lowest BCUT2D eigenvalue weighted by Crippen LogP contribution is -2.35. The van der Waals surface area contributed by atoms with Crippen molar-refractivity contribution in [2.45, 2.75) is 70.7 Å². The molecule has 5 rings (SSSR count). The molecule has 1 atom stereocenters. The lowest BCUT2D eigenvalue weighted by molar-refractivity contribution is -0.0431. The quantitative estimate of drug-likeness (QED) is 0.504. The van der Waals surface area contributed by atoms with Crippen LogP contribution >= 0.6 is 11.8 Å². The van der Waals surface area contributed by atoms with Gasteiger partial charge in [-0.05, 0) is 69.4 Å². The predicted molar refractivity (Wildman–Crippen MR) is 127 cm³/mol. The molecule has 0 fully saturated rings. The van der Waals surface area contributed by atoms with Crippen LogP contribution < -0.4 is 14.2 Å². The molecule has 1 N–H and O–H groups in total. The number of phenols is 1. The van der Waals surface area contributed by atoms with Gasteiger partial charge in [-0.3, -0.25) is 0 Å². The largest absolute Gasteiger partial charge is 0.507 e. The smallest absolute Gasteiger partial charge is 0.246 e. The Balaban J connectivity index is 1.32. The standard InChI is InChI=1S/C26H29NO5S/c1-14-15(2)23-24(16(3)22(14)28)33-13-26(6,31-23)21-12-18(27-32-21)9-7-17-8-10-19-20(11-17)30-25(4,5)29-19/h8,10-12,28H,7,9,13H2,1-6H3. The first-order valence-corrected chi connectivity index (χ1v) is 12.2. The second-order valence-corrected chi connectivity index (χ2v) is 10.6. The number of hydrogen-bond donors (Lipinski definition) is 1. The second kappa shape index (κ2) is 7.62. The van der Waals surface area contributed by atoms with E-state index < -0.39 is 11.4 Å². The van der Waals surface area contributed by atoms with E-state index in [1.165, 1.54) is 0 Å². The maximum absolute atomic E-state index is 10.4. The lowest BCUT2D eigenvalue weighted by Gasteiger charge is -2.35. The van der Waals surface area contributed by atoms with Crippen LogP contribution in [0.1, 0.15) is 54.5 Å². The lowest BCUT2D eigenvalue weighted by atomic mass is 10.0. The Hall–Kier alpha value is -2.80. The van der Waals surface area contributed by atoms with Crippen molar-refractivity contribution in [2.24, 2.45) is 0 Å². The molecule has 2 aromatic carbocycles. The Morgan fingerprint density at radius 1 is 0.939 bits per heavy atom. The number of benzene rings is 2. The van der Waals surface area contributed by atoms with Crippen LogP contribution in [-0.2, 0) is 18.4 Å². The minimum absolute atomic E-state index is 0.347. The van der Waals surface area contributed by atoms with Crippen LogP contribution in [0.25, 0.3) is 0 Å². The van der Waals surface area contributed by atoms with Crippen molar-refractivity contribution in [3.8, 4) is 23.0 Å². The highest BCUT2D eigenvalue weighted by Gasteiger charge is 2.40. The van der Waals surface area contributed by atoms with Crippen molar-refractivity contribution in [1.82, 2.24) is 5.16 Å². The van der Waals surface area contributed by atoms with E-state index in [-0.39, 0.29) is 0 Å². The van der Waals surface area contributed by atoms with Gasteiger partial charge in [0, 0.05) is 31.2 Å². The summed E-state index contributed by atoms with van der Waals surface area (Å²) in [6, 6.07) is 8.06. The van der Waals surface area contributed by atoms with Crippen LogP contribution in [0.3, 0.4) is 0 Å². The summed E-state index contributed by atoms with van der Waals surface area (Å²) in [4.78, 5) is 0.999. The highest BCUT2D eigenvalue weighted by atomic mass is 32.2. The summed E-state index contributed by atoms with van der Waals surface area (Å²) in [7, 11) is 0. The van der Waals surface area contributed by atoms with E-state index in [4.69, 9.17) is 18.7 Å². The Kier molecular flexibility index (Phi) is 5.08. The molecular formula is C26H29NO5S. The molecule has 2 aliphatic rings. The number of fused-ring (bicyclic) bond motifs is 2. The van der Waals surface area contributed by atoms with Gasteiger partial charge in [-0.1, -0.05) is 11.2 Å². The number of rotatable bonds is 4. The molecule has 0 aliphatic carbocycles. The number of hydrogen-bond acceptors (Lipinski definition) is 7. The number of thioether (sulfide) groups is 1. The Morgan fingerprint density at radius 2 is 1.70 bits per heavy atom. The van der Waals surface area contributed by atoms with E-state index in [1.807, 2.05) is 59.7 Å². The molecule has 0 saturated heterocycles. The number of aryl methyl sites for hydroxylation is 2. The van der Waals surface area contributed by atoms with Gasteiger partial charge >= 0.3 is 0 Å². The molecule has 0 amide bonds. The van der Waals surface area contributed by atoms with E-state index in [0.29, 0.717) is 17.3 Å². The van der Waals surface area contributed by atoms with Gasteiger partial charge in [0.1, 0.15) is 11.5 Å². The molecule has 1 aromatic heterocycles. The topological polar surface area (TPSA) is 74.0 Å². The van der Waals surface area contributed by atoms with Crippen LogP contribution in [0.4, 0.5) is 0 Å². The Morgan fingerprint density at radius 3 is 2.48 bits per heavy atom. The van der Waals surface area contributed by atoms with Gasteiger partial charge in [0.2, 0.25) is 5.79 Å².